The van der Waals surface area contributed by atoms with Gasteiger partial charge in [-0.25, -0.2) is 0 Å². The van der Waals surface area contributed by atoms with Crippen LogP contribution in [0.4, 0.5) is 5.13 Å². The number of hydrogen-bond acceptors (Lipinski definition) is 5. The second-order valence-electron chi connectivity index (χ2n) is 4.69. The zero-order chi connectivity index (χ0) is 13.1. The van der Waals surface area contributed by atoms with Crippen molar-refractivity contribution in [3.63, 3.8) is 0 Å². The molecule has 3 rings (SSSR count). The van der Waals surface area contributed by atoms with Crippen LogP contribution in [0.25, 0.3) is 11.4 Å². The summed E-state index contributed by atoms with van der Waals surface area (Å²) in [5.74, 6) is 0.828. The largest absolute Gasteiger partial charge is 0.381 e. The highest BCUT2D eigenvalue weighted by atomic mass is 32.1. The standard InChI is InChI=1S/C14H17N3OS/c1-18-12-7-9-17(10-8-12)14-15-13(16-19-14)11-5-3-2-4-6-11/h2-6,12H,7-10H2,1H3. The molecule has 4 nitrogen and oxygen atoms in total. The zero-order valence-electron chi connectivity index (χ0n) is 11.0. The Kier molecular flexibility index (Phi) is 3.75. The summed E-state index contributed by atoms with van der Waals surface area (Å²) in [5.41, 5.74) is 1.08. The molecule has 1 fully saturated rings. The van der Waals surface area contributed by atoms with Gasteiger partial charge in [0.05, 0.1) is 6.10 Å². The topological polar surface area (TPSA) is 38.2 Å². The molecule has 0 atom stereocenters. The third kappa shape index (κ3) is 2.77. The first-order valence-electron chi connectivity index (χ1n) is 6.53. The highest BCUT2D eigenvalue weighted by molar-refractivity contribution is 7.09. The highest BCUT2D eigenvalue weighted by Gasteiger charge is 2.21. The van der Waals surface area contributed by atoms with Gasteiger partial charge in [0.2, 0.25) is 5.13 Å². The molecule has 5 heteroatoms. The van der Waals surface area contributed by atoms with Gasteiger partial charge in [0.15, 0.2) is 5.82 Å². The van der Waals surface area contributed by atoms with Crippen molar-refractivity contribution in [1.29, 1.82) is 0 Å². The maximum Gasteiger partial charge on any atom is 0.205 e. The van der Waals surface area contributed by atoms with E-state index in [0.717, 1.165) is 42.5 Å². The van der Waals surface area contributed by atoms with Crippen molar-refractivity contribution < 1.29 is 4.74 Å². The van der Waals surface area contributed by atoms with Crippen molar-refractivity contribution in [3.05, 3.63) is 30.3 Å². The molecule has 0 unspecified atom stereocenters. The molecule has 0 spiro atoms. The molecule has 0 amide bonds. The lowest BCUT2D eigenvalue weighted by atomic mass is 10.1. The van der Waals surface area contributed by atoms with Gasteiger partial charge in [-0.2, -0.15) is 9.36 Å². The van der Waals surface area contributed by atoms with Crippen molar-refractivity contribution in [2.24, 2.45) is 0 Å². The molecule has 2 heterocycles. The number of piperidine rings is 1. The summed E-state index contributed by atoms with van der Waals surface area (Å²) in [5, 5.41) is 1.02. The van der Waals surface area contributed by atoms with E-state index in [1.807, 2.05) is 30.3 Å². The summed E-state index contributed by atoms with van der Waals surface area (Å²) < 4.78 is 9.85. The molecular formula is C14H17N3OS. The third-order valence-electron chi connectivity index (χ3n) is 3.49. The van der Waals surface area contributed by atoms with Crippen LogP contribution in [0.5, 0.6) is 0 Å². The van der Waals surface area contributed by atoms with E-state index in [-0.39, 0.29) is 0 Å². The van der Waals surface area contributed by atoms with Crippen LogP contribution in [-0.4, -0.2) is 35.7 Å². The van der Waals surface area contributed by atoms with Crippen LogP contribution in [-0.2, 0) is 4.74 Å². The second kappa shape index (κ2) is 5.67. The fraction of sp³-hybridized carbons (Fsp3) is 0.429. The van der Waals surface area contributed by atoms with E-state index in [2.05, 4.69) is 14.3 Å². The summed E-state index contributed by atoms with van der Waals surface area (Å²) in [7, 11) is 1.79. The Bertz CT molecular complexity index is 520. The van der Waals surface area contributed by atoms with Gasteiger partial charge < -0.3 is 9.64 Å². The van der Waals surface area contributed by atoms with Crippen LogP contribution in [0.2, 0.25) is 0 Å². The molecule has 2 aromatic rings. The van der Waals surface area contributed by atoms with E-state index in [9.17, 15) is 0 Å². The number of anilines is 1. The highest BCUT2D eigenvalue weighted by Crippen LogP contribution is 2.26. The van der Waals surface area contributed by atoms with Crippen LogP contribution in [0.3, 0.4) is 0 Å². The van der Waals surface area contributed by atoms with E-state index < -0.39 is 0 Å². The van der Waals surface area contributed by atoms with Crippen LogP contribution in [0.15, 0.2) is 30.3 Å². The van der Waals surface area contributed by atoms with Crippen LogP contribution >= 0.6 is 11.5 Å². The monoisotopic (exact) mass is 275 g/mol. The summed E-state index contributed by atoms with van der Waals surface area (Å²) in [6.07, 6.45) is 2.53. The minimum absolute atomic E-state index is 0.401. The number of hydrogen-bond donors (Lipinski definition) is 0. The summed E-state index contributed by atoms with van der Waals surface area (Å²) in [4.78, 5) is 6.95. The third-order valence-corrected chi connectivity index (χ3v) is 4.27. The number of aromatic nitrogens is 2. The summed E-state index contributed by atoms with van der Waals surface area (Å²) in [6.45, 7) is 2.00. The van der Waals surface area contributed by atoms with Gasteiger partial charge in [0.25, 0.3) is 0 Å². The van der Waals surface area contributed by atoms with E-state index in [1.165, 1.54) is 11.5 Å². The fourth-order valence-corrected chi connectivity index (χ4v) is 3.07. The van der Waals surface area contributed by atoms with Crippen molar-refractivity contribution in [2.45, 2.75) is 18.9 Å². The minimum Gasteiger partial charge on any atom is -0.381 e. The Morgan fingerprint density at radius 2 is 1.95 bits per heavy atom. The molecule has 0 aliphatic carbocycles. The molecule has 100 valence electrons. The maximum absolute atomic E-state index is 5.39. The molecule has 1 aliphatic rings. The first kappa shape index (κ1) is 12.6. The lowest BCUT2D eigenvalue weighted by Gasteiger charge is -2.30. The molecule has 0 radical (unpaired) electrons. The van der Waals surface area contributed by atoms with Gasteiger partial charge in [-0.05, 0) is 12.8 Å². The normalized spacial score (nSPS) is 16.8. The van der Waals surface area contributed by atoms with Crippen LogP contribution in [0.1, 0.15) is 12.8 Å². The Balaban J connectivity index is 1.72. The minimum atomic E-state index is 0.401. The Morgan fingerprint density at radius 1 is 1.21 bits per heavy atom. The smallest absolute Gasteiger partial charge is 0.205 e. The van der Waals surface area contributed by atoms with E-state index in [1.54, 1.807) is 7.11 Å². The van der Waals surface area contributed by atoms with Crippen molar-refractivity contribution in [1.82, 2.24) is 9.36 Å². The molecule has 1 aromatic heterocycles. The van der Waals surface area contributed by atoms with E-state index >= 15 is 0 Å². The number of benzene rings is 1. The predicted octanol–water partition coefficient (Wildman–Crippen LogP) is 2.82. The lowest BCUT2D eigenvalue weighted by Crippen LogP contribution is -2.36. The first-order chi connectivity index (χ1) is 9.36. The van der Waals surface area contributed by atoms with Gasteiger partial charge in [0.1, 0.15) is 0 Å². The molecule has 0 bridgehead atoms. The average Bonchev–Trinajstić information content (AvgIpc) is 2.98. The van der Waals surface area contributed by atoms with Gasteiger partial charge in [-0.1, -0.05) is 30.3 Å². The lowest BCUT2D eigenvalue weighted by molar-refractivity contribution is 0.0819. The fourth-order valence-electron chi connectivity index (χ4n) is 2.33. The quantitative estimate of drug-likeness (QED) is 0.863. The molecule has 1 aliphatic heterocycles. The van der Waals surface area contributed by atoms with Gasteiger partial charge >= 0.3 is 0 Å². The molecule has 0 N–H and O–H groups in total. The Hall–Kier alpha value is -1.46. The van der Waals surface area contributed by atoms with Crippen LogP contribution in [0, 0.1) is 0 Å². The molecule has 1 aromatic carbocycles. The van der Waals surface area contributed by atoms with Crippen molar-refractivity contribution in [2.75, 3.05) is 25.1 Å². The van der Waals surface area contributed by atoms with Gasteiger partial charge in [-0.15, -0.1) is 0 Å². The SMILES string of the molecule is COC1CCN(c2nc(-c3ccccc3)ns2)CC1. The first-order valence-corrected chi connectivity index (χ1v) is 7.31. The summed E-state index contributed by atoms with van der Waals surface area (Å²) in [6, 6.07) is 10.1. The zero-order valence-corrected chi connectivity index (χ0v) is 11.8. The van der Waals surface area contributed by atoms with Gasteiger partial charge in [0, 0.05) is 37.3 Å². The van der Waals surface area contributed by atoms with E-state index in [4.69, 9.17) is 4.74 Å². The number of rotatable bonds is 3. The molecule has 0 saturated carbocycles. The Morgan fingerprint density at radius 3 is 2.63 bits per heavy atom. The Labute approximate surface area is 117 Å². The van der Waals surface area contributed by atoms with E-state index in [0.29, 0.717) is 6.10 Å². The number of ether oxygens (including phenoxy) is 1. The molecule has 19 heavy (non-hydrogen) atoms. The number of methoxy groups -OCH3 is 1. The number of nitrogens with zero attached hydrogens (tertiary/aromatic N) is 3. The second-order valence-corrected chi connectivity index (χ2v) is 5.42. The molecular weight excluding hydrogens is 258 g/mol. The predicted molar refractivity (Wildman–Crippen MR) is 77.6 cm³/mol. The molecule has 1 saturated heterocycles. The van der Waals surface area contributed by atoms with Crippen molar-refractivity contribution in [3.8, 4) is 11.4 Å². The average molecular weight is 275 g/mol. The maximum atomic E-state index is 5.39. The van der Waals surface area contributed by atoms with Crippen molar-refractivity contribution >= 4 is 16.7 Å². The van der Waals surface area contributed by atoms with Crippen LogP contribution < -0.4 is 4.90 Å². The summed E-state index contributed by atoms with van der Waals surface area (Å²) >= 11 is 1.48. The van der Waals surface area contributed by atoms with Gasteiger partial charge in [-0.3, -0.25) is 0 Å².